The van der Waals surface area contributed by atoms with Crippen molar-refractivity contribution < 1.29 is 5.11 Å². The molecule has 0 bridgehead atoms. The molecule has 0 heterocycles. The summed E-state index contributed by atoms with van der Waals surface area (Å²) >= 11 is 3.51. The van der Waals surface area contributed by atoms with E-state index in [1.165, 1.54) is 11.1 Å². The Hall–Kier alpha value is -1.32. The maximum absolute atomic E-state index is 9.26. The Balaban J connectivity index is 2.01. The molecule has 0 saturated heterocycles. The molecule has 0 saturated carbocycles. The highest BCUT2D eigenvalue weighted by Crippen LogP contribution is 2.21. The molecule has 2 aromatic rings. The normalized spacial score (nSPS) is 12.3. The molecule has 0 spiro atoms. The number of rotatable bonds is 5. The number of benzene rings is 2. The summed E-state index contributed by atoms with van der Waals surface area (Å²) in [6.07, 6.45) is 1.04. The molecule has 0 aliphatic rings. The standard InChI is InChI=1S/C16H18BrNO/c1-2-16(13-4-3-5-14(17)10-13)18-11-12-6-8-15(19)9-7-12/h3-10,16,18-19H,2,11H2,1H3. The van der Waals surface area contributed by atoms with Crippen LogP contribution >= 0.6 is 15.9 Å². The monoisotopic (exact) mass is 319 g/mol. The Bertz CT molecular complexity index is 525. The van der Waals surface area contributed by atoms with E-state index >= 15 is 0 Å². The van der Waals surface area contributed by atoms with Gasteiger partial charge in [0.15, 0.2) is 0 Å². The van der Waals surface area contributed by atoms with Crippen molar-refractivity contribution in [3.63, 3.8) is 0 Å². The van der Waals surface area contributed by atoms with Crippen molar-refractivity contribution in [3.05, 3.63) is 64.1 Å². The SMILES string of the molecule is CCC(NCc1ccc(O)cc1)c1cccc(Br)c1. The van der Waals surface area contributed by atoms with Crippen LogP contribution < -0.4 is 5.32 Å². The Labute approximate surface area is 122 Å². The summed E-state index contributed by atoms with van der Waals surface area (Å²) in [5.41, 5.74) is 2.46. The maximum atomic E-state index is 9.26. The highest BCUT2D eigenvalue weighted by Gasteiger charge is 2.08. The van der Waals surface area contributed by atoms with E-state index < -0.39 is 0 Å². The Kier molecular flexibility index (Phi) is 5.00. The Morgan fingerprint density at radius 2 is 1.89 bits per heavy atom. The van der Waals surface area contributed by atoms with Crippen LogP contribution in [0.2, 0.25) is 0 Å². The molecule has 0 aromatic heterocycles. The van der Waals surface area contributed by atoms with Gasteiger partial charge in [0.05, 0.1) is 0 Å². The van der Waals surface area contributed by atoms with E-state index in [2.05, 4.69) is 46.4 Å². The molecule has 3 heteroatoms. The van der Waals surface area contributed by atoms with E-state index in [0.717, 1.165) is 17.4 Å². The van der Waals surface area contributed by atoms with Gasteiger partial charge in [0.25, 0.3) is 0 Å². The summed E-state index contributed by atoms with van der Waals surface area (Å²) in [6, 6.07) is 16.0. The minimum Gasteiger partial charge on any atom is -0.508 e. The number of nitrogens with one attached hydrogen (secondary N) is 1. The molecule has 2 aromatic carbocycles. The number of hydrogen-bond donors (Lipinski definition) is 2. The topological polar surface area (TPSA) is 32.3 Å². The van der Waals surface area contributed by atoms with Gasteiger partial charge in [-0.1, -0.05) is 47.1 Å². The zero-order chi connectivity index (χ0) is 13.7. The highest BCUT2D eigenvalue weighted by molar-refractivity contribution is 9.10. The van der Waals surface area contributed by atoms with Gasteiger partial charge in [0, 0.05) is 17.1 Å². The van der Waals surface area contributed by atoms with Crippen LogP contribution in [0, 0.1) is 0 Å². The first-order chi connectivity index (χ1) is 9.19. The summed E-state index contributed by atoms with van der Waals surface area (Å²) < 4.78 is 1.11. The van der Waals surface area contributed by atoms with Crippen LogP contribution in [-0.4, -0.2) is 5.11 Å². The van der Waals surface area contributed by atoms with Crippen molar-refractivity contribution in [1.82, 2.24) is 5.32 Å². The van der Waals surface area contributed by atoms with Crippen LogP contribution in [0.4, 0.5) is 0 Å². The molecule has 0 radical (unpaired) electrons. The van der Waals surface area contributed by atoms with Crippen LogP contribution in [-0.2, 0) is 6.54 Å². The predicted molar refractivity (Wildman–Crippen MR) is 82.1 cm³/mol. The summed E-state index contributed by atoms with van der Waals surface area (Å²) in [5, 5.41) is 12.8. The molecule has 19 heavy (non-hydrogen) atoms. The highest BCUT2D eigenvalue weighted by atomic mass is 79.9. The summed E-state index contributed by atoms with van der Waals surface area (Å²) in [7, 11) is 0. The lowest BCUT2D eigenvalue weighted by Gasteiger charge is -2.18. The van der Waals surface area contributed by atoms with Crippen LogP contribution in [0.25, 0.3) is 0 Å². The number of phenols is 1. The van der Waals surface area contributed by atoms with Gasteiger partial charge in [0.1, 0.15) is 5.75 Å². The van der Waals surface area contributed by atoms with E-state index in [9.17, 15) is 5.11 Å². The third kappa shape index (κ3) is 4.08. The van der Waals surface area contributed by atoms with Gasteiger partial charge < -0.3 is 10.4 Å². The van der Waals surface area contributed by atoms with Gasteiger partial charge in [-0.05, 0) is 41.8 Å². The van der Waals surface area contributed by atoms with Crippen LogP contribution in [0.5, 0.6) is 5.75 Å². The molecule has 1 unspecified atom stereocenters. The first-order valence-electron chi connectivity index (χ1n) is 6.46. The fourth-order valence-corrected chi connectivity index (χ4v) is 2.49. The van der Waals surface area contributed by atoms with Crippen LogP contribution in [0.15, 0.2) is 53.0 Å². The minimum absolute atomic E-state index is 0.308. The molecule has 2 rings (SSSR count). The van der Waals surface area contributed by atoms with Crippen LogP contribution in [0.1, 0.15) is 30.5 Å². The first-order valence-corrected chi connectivity index (χ1v) is 7.25. The van der Waals surface area contributed by atoms with E-state index in [1.54, 1.807) is 12.1 Å². The molecule has 0 aliphatic carbocycles. The van der Waals surface area contributed by atoms with Gasteiger partial charge >= 0.3 is 0 Å². The second kappa shape index (κ2) is 6.73. The first kappa shape index (κ1) is 14.1. The van der Waals surface area contributed by atoms with Crippen molar-refractivity contribution in [1.29, 1.82) is 0 Å². The fraction of sp³-hybridized carbons (Fsp3) is 0.250. The molecule has 2 N–H and O–H groups in total. The lowest BCUT2D eigenvalue weighted by Crippen LogP contribution is -2.20. The number of halogens is 1. The van der Waals surface area contributed by atoms with Crippen molar-refractivity contribution in [2.45, 2.75) is 25.9 Å². The summed E-state index contributed by atoms with van der Waals surface area (Å²) in [5.74, 6) is 0.308. The average Bonchev–Trinajstić information content (AvgIpc) is 2.42. The third-order valence-corrected chi connectivity index (χ3v) is 3.64. The van der Waals surface area contributed by atoms with Gasteiger partial charge in [0.2, 0.25) is 0 Å². The molecule has 0 fully saturated rings. The fourth-order valence-electron chi connectivity index (χ4n) is 2.08. The van der Waals surface area contributed by atoms with Crippen molar-refractivity contribution in [2.24, 2.45) is 0 Å². The summed E-state index contributed by atoms with van der Waals surface area (Å²) in [4.78, 5) is 0. The zero-order valence-corrected chi connectivity index (χ0v) is 12.5. The van der Waals surface area contributed by atoms with E-state index in [4.69, 9.17) is 0 Å². The van der Waals surface area contributed by atoms with E-state index in [0.29, 0.717) is 11.8 Å². The number of hydrogen-bond acceptors (Lipinski definition) is 2. The molecule has 0 amide bonds. The molecule has 100 valence electrons. The number of phenolic OH excluding ortho intramolecular Hbond substituents is 1. The van der Waals surface area contributed by atoms with Crippen molar-refractivity contribution >= 4 is 15.9 Å². The largest absolute Gasteiger partial charge is 0.508 e. The molecule has 1 atom stereocenters. The third-order valence-electron chi connectivity index (χ3n) is 3.15. The van der Waals surface area contributed by atoms with Gasteiger partial charge in [-0.3, -0.25) is 0 Å². The predicted octanol–water partition coefficient (Wildman–Crippen LogP) is 4.40. The molecular weight excluding hydrogens is 302 g/mol. The second-order valence-electron chi connectivity index (χ2n) is 4.56. The Morgan fingerprint density at radius 3 is 2.53 bits per heavy atom. The molecule has 0 aliphatic heterocycles. The van der Waals surface area contributed by atoms with E-state index in [1.807, 2.05) is 18.2 Å². The van der Waals surface area contributed by atoms with Crippen molar-refractivity contribution in [3.8, 4) is 5.75 Å². The Morgan fingerprint density at radius 1 is 1.16 bits per heavy atom. The second-order valence-corrected chi connectivity index (χ2v) is 5.48. The maximum Gasteiger partial charge on any atom is 0.115 e. The average molecular weight is 320 g/mol. The lowest BCUT2D eigenvalue weighted by atomic mass is 10.0. The lowest BCUT2D eigenvalue weighted by molar-refractivity contribution is 0.474. The quantitative estimate of drug-likeness (QED) is 0.856. The number of aromatic hydroxyl groups is 1. The van der Waals surface area contributed by atoms with Gasteiger partial charge in [-0.25, -0.2) is 0 Å². The molecule has 2 nitrogen and oxygen atoms in total. The summed E-state index contributed by atoms with van der Waals surface area (Å²) in [6.45, 7) is 2.97. The van der Waals surface area contributed by atoms with Crippen LogP contribution in [0.3, 0.4) is 0 Å². The van der Waals surface area contributed by atoms with Gasteiger partial charge in [-0.15, -0.1) is 0 Å². The molecular formula is C16H18BrNO. The van der Waals surface area contributed by atoms with Crippen molar-refractivity contribution in [2.75, 3.05) is 0 Å². The zero-order valence-electron chi connectivity index (χ0n) is 10.9. The van der Waals surface area contributed by atoms with Gasteiger partial charge in [-0.2, -0.15) is 0 Å². The smallest absolute Gasteiger partial charge is 0.115 e. The van der Waals surface area contributed by atoms with E-state index in [-0.39, 0.29) is 0 Å². The minimum atomic E-state index is 0.308.